The molecule has 0 spiro atoms. The molecular formula is C22H24N4O3S. The number of carbonyl (C=O) groups excluding carboxylic acids is 2. The van der Waals surface area contributed by atoms with Crippen LogP contribution < -0.4 is 10.2 Å². The van der Waals surface area contributed by atoms with E-state index >= 15 is 0 Å². The number of aryl methyl sites for hydroxylation is 2. The number of amides is 2. The molecule has 3 aromatic rings. The zero-order chi connectivity index (χ0) is 20.9. The van der Waals surface area contributed by atoms with Crippen LogP contribution in [0, 0.1) is 6.92 Å². The van der Waals surface area contributed by atoms with Crippen molar-refractivity contribution in [3.05, 3.63) is 65.1 Å². The number of hydrogen-bond acceptors (Lipinski definition) is 6. The number of nitrogens with zero attached hydrogens (tertiary/aromatic N) is 3. The van der Waals surface area contributed by atoms with Crippen LogP contribution in [0.15, 0.2) is 52.5 Å². The highest BCUT2D eigenvalue weighted by Crippen LogP contribution is 2.20. The van der Waals surface area contributed by atoms with E-state index in [0.717, 1.165) is 31.9 Å². The summed E-state index contributed by atoms with van der Waals surface area (Å²) < 4.78 is 5.07. The number of thiazole rings is 1. The van der Waals surface area contributed by atoms with Gasteiger partial charge in [0.15, 0.2) is 10.9 Å². The lowest BCUT2D eigenvalue weighted by Gasteiger charge is -2.36. The van der Waals surface area contributed by atoms with Gasteiger partial charge in [-0.1, -0.05) is 12.1 Å². The molecule has 1 aromatic carbocycles. The molecule has 2 amide bonds. The normalized spacial score (nSPS) is 14.0. The van der Waals surface area contributed by atoms with Crippen LogP contribution in [0.4, 0.5) is 10.8 Å². The molecule has 1 aliphatic rings. The highest BCUT2D eigenvalue weighted by Gasteiger charge is 2.21. The second kappa shape index (κ2) is 9.13. The summed E-state index contributed by atoms with van der Waals surface area (Å²) in [6, 6.07) is 11.7. The Balaban J connectivity index is 1.23. The Labute approximate surface area is 179 Å². The molecule has 30 heavy (non-hydrogen) atoms. The third-order valence-corrected chi connectivity index (χ3v) is 5.92. The van der Waals surface area contributed by atoms with Crippen molar-refractivity contribution >= 4 is 34.0 Å². The quantitative estimate of drug-likeness (QED) is 0.654. The number of hydrogen-bond donors (Lipinski definition) is 1. The van der Waals surface area contributed by atoms with E-state index in [9.17, 15) is 9.59 Å². The maximum atomic E-state index is 12.6. The lowest BCUT2D eigenvalue weighted by atomic mass is 10.1. The number of furan rings is 1. The molecule has 2 aromatic heterocycles. The van der Waals surface area contributed by atoms with Gasteiger partial charge in [0, 0.05) is 43.7 Å². The fourth-order valence-electron chi connectivity index (χ4n) is 3.48. The van der Waals surface area contributed by atoms with E-state index in [-0.39, 0.29) is 17.6 Å². The average molecular weight is 425 g/mol. The van der Waals surface area contributed by atoms with Crippen molar-refractivity contribution in [1.29, 1.82) is 0 Å². The summed E-state index contributed by atoms with van der Waals surface area (Å²) in [6.07, 6.45) is 2.43. The highest BCUT2D eigenvalue weighted by atomic mass is 32.1. The van der Waals surface area contributed by atoms with Gasteiger partial charge in [0.25, 0.3) is 5.91 Å². The van der Waals surface area contributed by atoms with E-state index in [1.165, 1.54) is 28.9 Å². The molecule has 0 radical (unpaired) electrons. The van der Waals surface area contributed by atoms with Crippen LogP contribution in [0.3, 0.4) is 0 Å². The summed E-state index contributed by atoms with van der Waals surface area (Å²) in [4.78, 5) is 33.3. The van der Waals surface area contributed by atoms with Crippen molar-refractivity contribution in [2.24, 2.45) is 0 Å². The third kappa shape index (κ3) is 4.88. The molecule has 0 unspecified atom stereocenters. The molecular weight excluding hydrogens is 400 g/mol. The minimum atomic E-state index is -0.330. The largest absolute Gasteiger partial charge is 0.459 e. The van der Waals surface area contributed by atoms with Crippen molar-refractivity contribution in [2.75, 3.05) is 36.4 Å². The lowest BCUT2D eigenvalue weighted by Crippen LogP contribution is -2.48. The summed E-state index contributed by atoms with van der Waals surface area (Å²) in [5.74, 6) is 0.0586. The van der Waals surface area contributed by atoms with Crippen molar-refractivity contribution < 1.29 is 14.0 Å². The number of nitrogens with one attached hydrogen (secondary N) is 1. The second-order valence-corrected chi connectivity index (χ2v) is 8.14. The minimum absolute atomic E-state index is 0.146. The Bertz CT molecular complexity index is 1010. The first-order valence-electron chi connectivity index (χ1n) is 9.97. The highest BCUT2D eigenvalue weighted by molar-refractivity contribution is 7.13. The molecule has 8 heteroatoms. The molecule has 1 N–H and O–H groups in total. The van der Waals surface area contributed by atoms with Crippen LogP contribution in [-0.2, 0) is 11.2 Å². The van der Waals surface area contributed by atoms with Crippen LogP contribution >= 0.6 is 11.3 Å². The van der Waals surface area contributed by atoms with Crippen molar-refractivity contribution in [1.82, 2.24) is 9.88 Å². The van der Waals surface area contributed by atoms with Crippen molar-refractivity contribution in [2.45, 2.75) is 19.8 Å². The van der Waals surface area contributed by atoms with Crippen LogP contribution in [-0.4, -0.2) is 47.9 Å². The van der Waals surface area contributed by atoms with Crippen LogP contribution in [0.25, 0.3) is 0 Å². The summed E-state index contributed by atoms with van der Waals surface area (Å²) >= 11 is 1.35. The maximum Gasteiger partial charge on any atom is 0.293 e. The topological polar surface area (TPSA) is 78.7 Å². The van der Waals surface area contributed by atoms with Gasteiger partial charge in [-0.2, -0.15) is 0 Å². The standard InChI is InChI=1S/C22H24N4O3S/c1-16-4-2-5-18(14-16)25-9-11-26(12-10-25)20(27)8-7-17-15-30-22(23-17)24-21(28)19-6-3-13-29-19/h2-6,13-15H,7-12H2,1H3,(H,23,24,28). The Morgan fingerprint density at radius 2 is 2.00 bits per heavy atom. The summed E-state index contributed by atoms with van der Waals surface area (Å²) in [7, 11) is 0. The Morgan fingerprint density at radius 1 is 1.17 bits per heavy atom. The molecule has 7 nitrogen and oxygen atoms in total. The monoisotopic (exact) mass is 424 g/mol. The van der Waals surface area contributed by atoms with Gasteiger partial charge in [0.05, 0.1) is 12.0 Å². The fourth-order valence-corrected chi connectivity index (χ4v) is 4.22. The Kier molecular flexibility index (Phi) is 6.13. The van der Waals surface area contributed by atoms with Crippen LogP contribution in [0.1, 0.15) is 28.2 Å². The molecule has 1 fully saturated rings. The zero-order valence-electron chi connectivity index (χ0n) is 16.8. The van der Waals surface area contributed by atoms with Crippen LogP contribution in [0.2, 0.25) is 0 Å². The predicted octanol–water partition coefficient (Wildman–Crippen LogP) is 3.58. The zero-order valence-corrected chi connectivity index (χ0v) is 17.7. The number of aromatic nitrogens is 1. The molecule has 0 atom stereocenters. The molecule has 0 saturated carbocycles. The molecule has 156 valence electrons. The van der Waals surface area contributed by atoms with Crippen molar-refractivity contribution in [3.8, 4) is 0 Å². The number of piperazine rings is 1. The van der Waals surface area contributed by atoms with E-state index in [0.29, 0.717) is 18.0 Å². The molecule has 1 saturated heterocycles. The number of carbonyl (C=O) groups is 2. The number of rotatable bonds is 6. The maximum absolute atomic E-state index is 12.6. The molecule has 0 bridgehead atoms. The molecule has 1 aliphatic heterocycles. The fraction of sp³-hybridized carbons (Fsp3) is 0.318. The third-order valence-electron chi connectivity index (χ3n) is 5.11. The van der Waals surface area contributed by atoms with Crippen molar-refractivity contribution in [3.63, 3.8) is 0 Å². The first-order chi connectivity index (χ1) is 14.6. The van der Waals surface area contributed by atoms with E-state index in [2.05, 4.69) is 46.4 Å². The lowest BCUT2D eigenvalue weighted by molar-refractivity contribution is -0.131. The summed E-state index contributed by atoms with van der Waals surface area (Å²) in [5.41, 5.74) is 3.27. The van der Waals surface area contributed by atoms with E-state index < -0.39 is 0 Å². The average Bonchev–Trinajstić information content (AvgIpc) is 3.44. The van der Waals surface area contributed by atoms with Gasteiger partial charge < -0.3 is 14.2 Å². The van der Waals surface area contributed by atoms with Gasteiger partial charge >= 0.3 is 0 Å². The summed E-state index contributed by atoms with van der Waals surface area (Å²) in [6.45, 7) is 5.24. The Morgan fingerprint density at radius 3 is 2.73 bits per heavy atom. The molecule has 4 rings (SSSR count). The van der Waals surface area contributed by atoms with Gasteiger partial charge in [-0.05, 0) is 43.2 Å². The van der Waals surface area contributed by atoms with Gasteiger partial charge in [0.1, 0.15) is 0 Å². The van der Waals surface area contributed by atoms with E-state index in [4.69, 9.17) is 4.42 Å². The summed E-state index contributed by atoms with van der Waals surface area (Å²) in [5, 5.41) is 5.09. The number of benzene rings is 1. The first-order valence-corrected chi connectivity index (χ1v) is 10.8. The van der Waals surface area contributed by atoms with Gasteiger partial charge in [0.2, 0.25) is 5.91 Å². The smallest absolute Gasteiger partial charge is 0.293 e. The van der Waals surface area contributed by atoms with Gasteiger partial charge in [-0.15, -0.1) is 11.3 Å². The van der Waals surface area contributed by atoms with Gasteiger partial charge in [-0.25, -0.2) is 4.98 Å². The molecule has 3 heterocycles. The second-order valence-electron chi connectivity index (χ2n) is 7.28. The van der Waals surface area contributed by atoms with Crippen LogP contribution in [0.5, 0.6) is 0 Å². The predicted molar refractivity (Wildman–Crippen MR) is 117 cm³/mol. The minimum Gasteiger partial charge on any atom is -0.459 e. The van der Waals surface area contributed by atoms with E-state index in [1.54, 1.807) is 12.1 Å². The number of anilines is 2. The molecule has 0 aliphatic carbocycles. The van der Waals surface area contributed by atoms with E-state index in [1.807, 2.05) is 10.3 Å². The van der Waals surface area contributed by atoms with Gasteiger partial charge in [-0.3, -0.25) is 14.9 Å². The first kappa shape index (κ1) is 20.2. The Hall–Kier alpha value is -3.13. The SMILES string of the molecule is Cc1cccc(N2CCN(C(=O)CCc3csc(NC(=O)c4ccco4)n3)CC2)c1.